The van der Waals surface area contributed by atoms with Crippen LogP contribution in [0.4, 0.5) is 0 Å². The number of hydrogen-bond acceptors (Lipinski definition) is 5. The number of para-hydroxylation sites is 2. The van der Waals surface area contributed by atoms with E-state index in [2.05, 4.69) is 132 Å². The van der Waals surface area contributed by atoms with E-state index < -0.39 is 0 Å². The molecule has 1 aliphatic rings. The van der Waals surface area contributed by atoms with Gasteiger partial charge in [0.25, 0.3) is 0 Å². The second kappa shape index (κ2) is 12.3. The van der Waals surface area contributed by atoms with Crippen LogP contribution in [0.25, 0.3) is 137 Å². The standard InChI is InChI=1S/C55H30N4OS/c1-2-11-31(12-3-1)53-56-54(34-21-24-39-38-16-7-9-20-47(38)60-48(39)29-34)58-55(57-53)59-45-19-8-6-15-37(45)42-27-32(22-25-46(42)59)33-23-26-49-44(28-33)52-41-18-10-17-40-35-13-4-5-14-36(35)43(51(40)41)30-50(52)61-49/h1-30H. The number of nitrogens with zero attached hydrogens (tertiary/aromatic N) is 4. The second-order valence-corrected chi connectivity index (χ2v) is 17.0. The molecule has 6 heteroatoms. The van der Waals surface area contributed by atoms with E-state index in [9.17, 15) is 0 Å². The van der Waals surface area contributed by atoms with Gasteiger partial charge in [-0.3, -0.25) is 4.57 Å². The van der Waals surface area contributed by atoms with Crippen LogP contribution in [0.3, 0.4) is 0 Å². The Labute approximate surface area is 352 Å². The topological polar surface area (TPSA) is 56.7 Å². The van der Waals surface area contributed by atoms with E-state index in [1.54, 1.807) is 0 Å². The smallest absolute Gasteiger partial charge is 0.238 e. The van der Waals surface area contributed by atoms with Crippen molar-refractivity contribution in [1.82, 2.24) is 19.5 Å². The minimum Gasteiger partial charge on any atom is -0.456 e. The van der Waals surface area contributed by atoms with Crippen LogP contribution in [0.5, 0.6) is 0 Å². The van der Waals surface area contributed by atoms with Crippen LogP contribution in [-0.4, -0.2) is 19.5 Å². The minimum absolute atomic E-state index is 0.559. The summed E-state index contributed by atoms with van der Waals surface area (Å²) in [5.41, 5.74) is 13.2. The summed E-state index contributed by atoms with van der Waals surface area (Å²) >= 11 is 1.89. The van der Waals surface area contributed by atoms with Crippen molar-refractivity contribution in [3.8, 4) is 62.1 Å². The van der Waals surface area contributed by atoms with Gasteiger partial charge in [0.05, 0.1) is 11.0 Å². The largest absolute Gasteiger partial charge is 0.456 e. The summed E-state index contributed by atoms with van der Waals surface area (Å²) in [4.78, 5) is 15.5. The van der Waals surface area contributed by atoms with Crippen LogP contribution in [0, 0.1) is 0 Å². The van der Waals surface area contributed by atoms with Gasteiger partial charge in [-0.2, -0.15) is 9.97 Å². The first-order valence-electron chi connectivity index (χ1n) is 20.5. The lowest BCUT2D eigenvalue weighted by Crippen LogP contribution is -2.06. The van der Waals surface area contributed by atoms with E-state index in [1.807, 2.05) is 65.9 Å². The van der Waals surface area contributed by atoms with Crippen molar-refractivity contribution in [2.45, 2.75) is 0 Å². The quantitative estimate of drug-likeness (QED) is 0.178. The fourth-order valence-corrected chi connectivity index (χ4v) is 11.0. The second-order valence-electron chi connectivity index (χ2n) is 15.9. The molecular weight excluding hydrogens is 765 g/mol. The zero-order chi connectivity index (χ0) is 39.8. The molecule has 0 radical (unpaired) electrons. The monoisotopic (exact) mass is 794 g/mol. The zero-order valence-corrected chi connectivity index (χ0v) is 33.2. The number of aromatic nitrogens is 4. The number of fused-ring (bicyclic) bond motifs is 13. The predicted octanol–water partition coefficient (Wildman–Crippen LogP) is 15.0. The molecule has 0 amide bonds. The lowest BCUT2D eigenvalue weighted by atomic mass is 9.96. The maximum Gasteiger partial charge on any atom is 0.238 e. The number of furan rings is 1. The van der Waals surface area contributed by atoms with Crippen molar-refractivity contribution in [3.63, 3.8) is 0 Å². The highest BCUT2D eigenvalue weighted by atomic mass is 32.1. The molecule has 0 fully saturated rings. The lowest BCUT2D eigenvalue weighted by Gasteiger charge is -2.11. The van der Waals surface area contributed by atoms with Crippen molar-refractivity contribution in [3.05, 3.63) is 182 Å². The highest BCUT2D eigenvalue weighted by molar-refractivity contribution is 7.26. The van der Waals surface area contributed by atoms with Crippen LogP contribution < -0.4 is 0 Å². The molecule has 4 heterocycles. The van der Waals surface area contributed by atoms with Gasteiger partial charge >= 0.3 is 0 Å². The molecule has 61 heavy (non-hydrogen) atoms. The molecule has 0 unspecified atom stereocenters. The third kappa shape index (κ3) is 4.73. The first kappa shape index (κ1) is 33.0. The molecule has 282 valence electrons. The highest BCUT2D eigenvalue weighted by Crippen LogP contribution is 2.52. The summed E-state index contributed by atoms with van der Waals surface area (Å²) in [7, 11) is 0. The Kier molecular flexibility index (Phi) is 6.65. The van der Waals surface area contributed by atoms with E-state index in [4.69, 9.17) is 19.4 Å². The Balaban J connectivity index is 0.948. The maximum absolute atomic E-state index is 6.30. The van der Waals surface area contributed by atoms with Gasteiger partial charge < -0.3 is 4.42 Å². The Bertz CT molecular complexity index is 4010. The summed E-state index contributed by atoms with van der Waals surface area (Å²) < 4.78 is 11.1. The third-order valence-electron chi connectivity index (χ3n) is 12.6. The van der Waals surface area contributed by atoms with Crippen LogP contribution >= 0.6 is 11.3 Å². The number of rotatable bonds is 4. The Morgan fingerprint density at radius 2 is 1.02 bits per heavy atom. The molecule has 0 atom stereocenters. The van der Waals surface area contributed by atoms with E-state index in [-0.39, 0.29) is 0 Å². The Morgan fingerprint density at radius 1 is 0.361 bits per heavy atom. The zero-order valence-electron chi connectivity index (χ0n) is 32.4. The molecule has 4 aromatic heterocycles. The van der Waals surface area contributed by atoms with Crippen molar-refractivity contribution in [2.24, 2.45) is 0 Å². The first-order valence-corrected chi connectivity index (χ1v) is 21.3. The average molecular weight is 795 g/mol. The van der Waals surface area contributed by atoms with Gasteiger partial charge in [-0.1, -0.05) is 127 Å². The SMILES string of the molecule is c1ccc(-c2nc(-c3ccc4c(c3)oc3ccccc34)nc(-n3c4ccccc4c4cc(-c5ccc6sc7cc8c9c(cccc9c7c6c5)-c5ccccc5-8)ccc43)n2)cc1. The van der Waals surface area contributed by atoms with Crippen LogP contribution in [0.15, 0.2) is 186 Å². The molecule has 0 aliphatic heterocycles. The van der Waals surface area contributed by atoms with Gasteiger partial charge in [0.1, 0.15) is 11.2 Å². The molecule has 0 saturated carbocycles. The normalized spacial score (nSPS) is 12.3. The van der Waals surface area contributed by atoms with Crippen molar-refractivity contribution >= 4 is 86.0 Å². The molecule has 0 bridgehead atoms. The van der Waals surface area contributed by atoms with Crippen molar-refractivity contribution < 1.29 is 4.42 Å². The Morgan fingerprint density at radius 3 is 1.90 bits per heavy atom. The van der Waals surface area contributed by atoms with Gasteiger partial charge in [-0.15, -0.1) is 11.3 Å². The number of hydrogen-bond donors (Lipinski definition) is 0. The van der Waals surface area contributed by atoms with Crippen LogP contribution in [0.2, 0.25) is 0 Å². The average Bonchev–Trinajstić information content (AvgIpc) is 4.07. The fourth-order valence-electron chi connectivity index (χ4n) is 9.86. The summed E-state index contributed by atoms with van der Waals surface area (Å²) in [6.07, 6.45) is 0. The molecule has 5 nitrogen and oxygen atoms in total. The summed E-state index contributed by atoms with van der Waals surface area (Å²) in [5, 5.41) is 9.75. The summed E-state index contributed by atoms with van der Waals surface area (Å²) in [6.45, 7) is 0. The first-order chi connectivity index (χ1) is 30.2. The highest BCUT2D eigenvalue weighted by Gasteiger charge is 2.24. The van der Waals surface area contributed by atoms with E-state index in [0.717, 1.165) is 60.4 Å². The summed E-state index contributed by atoms with van der Waals surface area (Å²) in [5.74, 6) is 1.75. The van der Waals surface area contributed by atoms with Crippen molar-refractivity contribution in [2.75, 3.05) is 0 Å². The fraction of sp³-hybridized carbons (Fsp3) is 0. The van der Waals surface area contributed by atoms with E-state index in [1.165, 1.54) is 58.8 Å². The predicted molar refractivity (Wildman–Crippen MR) is 253 cm³/mol. The van der Waals surface area contributed by atoms with Crippen LogP contribution in [0.1, 0.15) is 0 Å². The lowest BCUT2D eigenvalue weighted by molar-refractivity contribution is 0.669. The maximum atomic E-state index is 6.30. The number of benzene rings is 9. The van der Waals surface area contributed by atoms with E-state index >= 15 is 0 Å². The molecule has 14 rings (SSSR count). The van der Waals surface area contributed by atoms with Gasteiger partial charge in [0.2, 0.25) is 5.95 Å². The molecule has 1 aliphatic carbocycles. The van der Waals surface area contributed by atoms with Gasteiger partial charge in [-0.25, -0.2) is 4.98 Å². The van der Waals surface area contributed by atoms with Gasteiger partial charge in [-0.05, 0) is 98.8 Å². The molecule has 9 aromatic carbocycles. The Hall–Kier alpha value is -7.93. The van der Waals surface area contributed by atoms with Gasteiger partial charge in [0, 0.05) is 52.8 Å². The third-order valence-corrected chi connectivity index (χ3v) is 13.7. The minimum atomic E-state index is 0.559. The van der Waals surface area contributed by atoms with Gasteiger partial charge in [0.15, 0.2) is 11.6 Å². The van der Waals surface area contributed by atoms with Crippen molar-refractivity contribution in [1.29, 1.82) is 0 Å². The number of thiophene rings is 1. The van der Waals surface area contributed by atoms with Crippen LogP contribution in [-0.2, 0) is 0 Å². The molecular formula is C55H30N4OS. The molecule has 0 saturated heterocycles. The van der Waals surface area contributed by atoms with E-state index in [0.29, 0.717) is 17.6 Å². The summed E-state index contributed by atoms with van der Waals surface area (Å²) in [6, 6.07) is 64.9. The molecule has 0 spiro atoms. The molecule has 13 aromatic rings. The molecule has 0 N–H and O–H groups in total.